The third-order valence-corrected chi connectivity index (χ3v) is 5.73. The zero-order valence-electron chi connectivity index (χ0n) is 16.5. The van der Waals surface area contributed by atoms with Gasteiger partial charge in [0.2, 0.25) is 0 Å². The normalized spacial score (nSPS) is 19.9. The summed E-state index contributed by atoms with van der Waals surface area (Å²) >= 11 is 0. The SMILES string of the molecule is CON1CCC2(CC1)C(OC(=O)O)=C(c1c(C)cc(C)cc1C)C(=O)N2C. The number of nitrogens with zero attached hydrogens (tertiary/aromatic N) is 2. The molecule has 1 N–H and O–H groups in total. The van der Waals surface area contributed by atoms with Gasteiger partial charge in [0.1, 0.15) is 5.54 Å². The number of likely N-dealkylation sites (N-methyl/N-ethyl adjacent to an activating group) is 1. The molecule has 1 spiro atoms. The Morgan fingerprint density at radius 2 is 1.70 bits per heavy atom. The number of rotatable bonds is 3. The number of amides is 1. The van der Waals surface area contributed by atoms with Crippen molar-refractivity contribution >= 4 is 17.6 Å². The van der Waals surface area contributed by atoms with Crippen molar-refractivity contribution in [1.29, 1.82) is 0 Å². The van der Waals surface area contributed by atoms with E-state index < -0.39 is 11.7 Å². The number of hydrogen-bond acceptors (Lipinski definition) is 5. The van der Waals surface area contributed by atoms with Crippen molar-refractivity contribution in [2.24, 2.45) is 0 Å². The largest absolute Gasteiger partial charge is 0.511 e. The molecule has 1 fully saturated rings. The Bertz CT molecular complexity index is 799. The molecule has 0 atom stereocenters. The summed E-state index contributed by atoms with van der Waals surface area (Å²) < 4.78 is 5.30. The number of aryl methyl sites for hydroxylation is 3. The third-order valence-electron chi connectivity index (χ3n) is 5.73. The van der Waals surface area contributed by atoms with Gasteiger partial charge in [-0.25, -0.2) is 4.79 Å². The van der Waals surface area contributed by atoms with Crippen molar-refractivity contribution in [3.63, 3.8) is 0 Å². The maximum atomic E-state index is 13.3. The first-order valence-corrected chi connectivity index (χ1v) is 9.02. The summed E-state index contributed by atoms with van der Waals surface area (Å²) in [5.74, 6) is 0.0421. The average Bonchev–Trinajstić information content (AvgIpc) is 2.78. The Morgan fingerprint density at radius 3 is 2.19 bits per heavy atom. The van der Waals surface area contributed by atoms with Gasteiger partial charge in [0.25, 0.3) is 5.91 Å². The van der Waals surface area contributed by atoms with Gasteiger partial charge < -0.3 is 19.6 Å². The van der Waals surface area contributed by atoms with E-state index >= 15 is 0 Å². The molecule has 27 heavy (non-hydrogen) atoms. The molecule has 1 amide bonds. The van der Waals surface area contributed by atoms with Gasteiger partial charge in [0.05, 0.1) is 12.7 Å². The van der Waals surface area contributed by atoms with Crippen LogP contribution in [0.4, 0.5) is 4.79 Å². The van der Waals surface area contributed by atoms with Crippen molar-refractivity contribution in [2.75, 3.05) is 27.2 Å². The van der Waals surface area contributed by atoms with E-state index in [1.807, 2.05) is 38.0 Å². The van der Waals surface area contributed by atoms with Crippen LogP contribution in [-0.2, 0) is 14.4 Å². The number of carbonyl (C=O) groups excluding carboxylic acids is 1. The molecule has 1 saturated heterocycles. The maximum Gasteiger partial charge on any atom is 0.511 e. The Kier molecular flexibility index (Phi) is 5.01. The van der Waals surface area contributed by atoms with Gasteiger partial charge in [-0.05, 0) is 50.3 Å². The molecule has 146 valence electrons. The van der Waals surface area contributed by atoms with Gasteiger partial charge in [-0.3, -0.25) is 4.79 Å². The number of hydroxylamine groups is 2. The zero-order chi connectivity index (χ0) is 19.9. The van der Waals surface area contributed by atoms with E-state index in [4.69, 9.17) is 9.57 Å². The second-order valence-electron chi connectivity index (χ2n) is 7.35. The van der Waals surface area contributed by atoms with Crippen molar-refractivity contribution in [2.45, 2.75) is 39.2 Å². The molecule has 2 aliphatic heterocycles. The van der Waals surface area contributed by atoms with E-state index in [2.05, 4.69) is 0 Å². The standard InChI is InChI=1S/C20H26N2O5/c1-12-10-13(2)15(14(3)11-12)16-17(27-19(24)25)20(21(4)18(16)23)6-8-22(26-5)9-7-20/h10-11H,6-9H2,1-5H3,(H,24,25). The first kappa shape index (κ1) is 19.4. The van der Waals surface area contributed by atoms with Crippen molar-refractivity contribution < 1.29 is 24.3 Å². The number of piperidine rings is 1. The van der Waals surface area contributed by atoms with Crippen LogP contribution in [0.2, 0.25) is 0 Å². The lowest BCUT2D eigenvalue weighted by Crippen LogP contribution is -2.53. The Balaban J connectivity index is 2.20. The van der Waals surface area contributed by atoms with Crippen molar-refractivity contribution in [1.82, 2.24) is 9.96 Å². The minimum absolute atomic E-state index is 0.202. The molecule has 2 aliphatic rings. The molecule has 0 saturated carbocycles. The Labute approximate surface area is 159 Å². The fourth-order valence-electron chi connectivity index (χ4n) is 4.47. The highest BCUT2D eigenvalue weighted by Gasteiger charge is 2.54. The summed E-state index contributed by atoms with van der Waals surface area (Å²) in [5.41, 5.74) is 3.31. The van der Waals surface area contributed by atoms with Gasteiger partial charge in [0, 0.05) is 20.1 Å². The van der Waals surface area contributed by atoms with Gasteiger partial charge in [-0.1, -0.05) is 17.7 Å². The van der Waals surface area contributed by atoms with E-state index in [-0.39, 0.29) is 11.7 Å². The molecule has 0 bridgehead atoms. The maximum absolute atomic E-state index is 13.3. The van der Waals surface area contributed by atoms with Crippen LogP contribution in [0.15, 0.2) is 17.9 Å². The van der Waals surface area contributed by atoms with Crippen LogP contribution in [-0.4, -0.2) is 59.9 Å². The van der Waals surface area contributed by atoms with Crippen LogP contribution in [0.5, 0.6) is 0 Å². The molecule has 0 aromatic heterocycles. The first-order valence-electron chi connectivity index (χ1n) is 9.02. The van der Waals surface area contributed by atoms with Gasteiger partial charge in [-0.2, -0.15) is 5.06 Å². The van der Waals surface area contributed by atoms with Gasteiger partial charge in [-0.15, -0.1) is 0 Å². The average molecular weight is 374 g/mol. The lowest BCUT2D eigenvalue weighted by atomic mass is 9.84. The number of benzene rings is 1. The molecule has 1 aromatic rings. The smallest absolute Gasteiger partial charge is 0.449 e. The minimum Gasteiger partial charge on any atom is -0.449 e. The summed E-state index contributed by atoms with van der Waals surface area (Å²) in [7, 11) is 3.33. The quantitative estimate of drug-likeness (QED) is 0.820. The highest BCUT2D eigenvalue weighted by molar-refractivity contribution is 6.24. The van der Waals surface area contributed by atoms with Crippen LogP contribution >= 0.6 is 0 Å². The zero-order valence-corrected chi connectivity index (χ0v) is 16.5. The molecule has 0 aliphatic carbocycles. The molecule has 7 nitrogen and oxygen atoms in total. The van der Waals surface area contributed by atoms with Crippen molar-refractivity contribution in [3.8, 4) is 0 Å². The van der Waals surface area contributed by atoms with Crippen LogP contribution in [0.1, 0.15) is 35.1 Å². The van der Waals surface area contributed by atoms with E-state index in [9.17, 15) is 14.7 Å². The Hall–Kier alpha value is -2.38. The van der Waals surface area contributed by atoms with E-state index in [0.29, 0.717) is 31.5 Å². The predicted octanol–water partition coefficient (Wildman–Crippen LogP) is 2.89. The lowest BCUT2D eigenvalue weighted by molar-refractivity contribution is -0.162. The molecule has 0 unspecified atom stereocenters. The first-order chi connectivity index (χ1) is 12.7. The molecule has 2 heterocycles. The van der Waals surface area contributed by atoms with E-state index in [0.717, 1.165) is 22.3 Å². The Morgan fingerprint density at radius 1 is 1.15 bits per heavy atom. The molecule has 7 heteroatoms. The molecule has 1 aromatic carbocycles. The fourth-order valence-corrected chi connectivity index (χ4v) is 4.47. The third kappa shape index (κ3) is 3.11. The summed E-state index contributed by atoms with van der Waals surface area (Å²) in [4.78, 5) is 31.7. The summed E-state index contributed by atoms with van der Waals surface area (Å²) in [6, 6.07) is 4.00. The monoisotopic (exact) mass is 374 g/mol. The lowest BCUT2D eigenvalue weighted by Gasteiger charge is -2.43. The van der Waals surface area contributed by atoms with Crippen LogP contribution in [0.25, 0.3) is 5.57 Å². The predicted molar refractivity (Wildman–Crippen MR) is 100.0 cm³/mol. The van der Waals surface area contributed by atoms with Crippen LogP contribution in [0.3, 0.4) is 0 Å². The fraction of sp³-hybridized carbons (Fsp3) is 0.500. The number of carbonyl (C=O) groups is 2. The molecular formula is C20H26N2O5. The minimum atomic E-state index is -1.40. The second kappa shape index (κ2) is 6.98. The highest BCUT2D eigenvalue weighted by atomic mass is 16.7. The van der Waals surface area contributed by atoms with Crippen molar-refractivity contribution in [3.05, 3.63) is 40.1 Å². The number of hydrogen-bond donors (Lipinski definition) is 1. The summed E-state index contributed by atoms with van der Waals surface area (Å²) in [6.45, 7) is 7.04. The number of ether oxygens (including phenoxy) is 1. The summed E-state index contributed by atoms with van der Waals surface area (Å²) in [6.07, 6.45) is -0.320. The van der Waals surface area contributed by atoms with Crippen LogP contribution < -0.4 is 0 Å². The highest BCUT2D eigenvalue weighted by Crippen LogP contribution is 2.47. The molecule has 0 radical (unpaired) electrons. The van der Waals surface area contributed by atoms with Gasteiger partial charge in [0.15, 0.2) is 5.76 Å². The summed E-state index contributed by atoms with van der Waals surface area (Å²) in [5, 5.41) is 11.2. The molecular weight excluding hydrogens is 348 g/mol. The number of carboxylic acid groups (broad SMARTS) is 1. The molecule has 3 rings (SSSR count). The van der Waals surface area contributed by atoms with Crippen LogP contribution in [0, 0.1) is 20.8 Å². The van der Waals surface area contributed by atoms with E-state index in [1.54, 1.807) is 19.1 Å². The second-order valence-corrected chi connectivity index (χ2v) is 7.35. The van der Waals surface area contributed by atoms with E-state index in [1.165, 1.54) is 0 Å². The topological polar surface area (TPSA) is 79.3 Å². The van der Waals surface area contributed by atoms with Gasteiger partial charge >= 0.3 is 6.16 Å².